The summed E-state index contributed by atoms with van der Waals surface area (Å²) in [5.41, 5.74) is -0.550. The summed E-state index contributed by atoms with van der Waals surface area (Å²) in [6.45, 7) is 8.23. The first kappa shape index (κ1) is 26.8. The van der Waals surface area contributed by atoms with Crippen LogP contribution in [-0.2, 0) is 30.3 Å². The van der Waals surface area contributed by atoms with E-state index in [-0.39, 0.29) is 17.7 Å². The van der Waals surface area contributed by atoms with Gasteiger partial charge in [0.15, 0.2) is 5.78 Å². The average molecular weight is 524 g/mol. The van der Waals surface area contributed by atoms with Gasteiger partial charge in [-0.15, -0.1) is 0 Å². The minimum Gasteiger partial charge on any atom is -0.458 e. The van der Waals surface area contributed by atoms with Gasteiger partial charge in [-0.05, 0) is 44.7 Å². The number of allylic oxidation sites excluding steroid dienone is 1. The summed E-state index contributed by atoms with van der Waals surface area (Å²) in [6, 6.07) is 9.51. The van der Waals surface area contributed by atoms with Gasteiger partial charge >= 0.3 is 5.97 Å². The average Bonchev–Trinajstić information content (AvgIpc) is 3.62. The number of fused-ring (bicyclic) bond motifs is 1. The Bertz CT molecular complexity index is 1200. The highest BCUT2D eigenvalue weighted by atomic mass is 16.6. The second kappa shape index (κ2) is 9.43. The van der Waals surface area contributed by atoms with E-state index in [1.54, 1.807) is 19.1 Å². The number of benzene rings is 1. The molecular weight excluding hydrogens is 486 g/mol. The van der Waals surface area contributed by atoms with Crippen molar-refractivity contribution >= 4 is 17.7 Å². The lowest BCUT2D eigenvalue weighted by Gasteiger charge is -2.50. The highest BCUT2D eigenvalue weighted by Gasteiger charge is 2.73. The van der Waals surface area contributed by atoms with Gasteiger partial charge in [0.05, 0.1) is 6.10 Å². The predicted octanol–water partition coefficient (Wildman–Crippen LogP) is 2.27. The van der Waals surface area contributed by atoms with E-state index >= 15 is 0 Å². The minimum atomic E-state index is -1.82. The lowest BCUT2D eigenvalue weighted by atomic mass is 9.53. The van der Waals surface area contributed by atoms with E-state index in [0.29, 0.717) is 12.8 Å². The van der Waals surface area contributed by atoms with Gasteiger partial charge in [-0.2, -0.15) is 0 Å². The molecule has 0 aromatic heterocycles. The van der Waals surface area contributed by atoms with Crippen molar-refractivity contribution in [3.63, 3.8) is 0 Å². The number of ether oxygens (including phenoxy) is 2. The number of hydrogen-bond acceptors (Lipinski definition) is 7. The quantitative estimate of drug-likeness (QED) is 0.315. The molecule has 2 unspecified atom stereocenters. The zero-order valence-electron chi connectivity index (χ0n) is 22.5. The van der Waals surface area contributed by atoms with Crippen LogP contribution in [-0.4, -0.2) is 63.9 Å². The minimum absolute atomic E-state index is 0.325. The summed E-state index contributed by atoms with van der Waals surface area (Å²) >= 11 is 0. The Morgan fingerprint density at radius 2 is 1.87 bits per heavy atom. The fraction of sp³-hybridized carbons (Fsp3) is 0.567. The van der Waals surface area contributed by atoms with Crippen molar-refractivity contribution in [1.82, 2.24) is 5.32 Å². The van der Waals surface area contributed by atoms with Crippen molar-refractivity contribution in [1.29, 1.82) is 0 Å². The second-order valence-electron chi connectivity index (χ2n) is 11.6. The maximum Gasteiger partial charge on any atom is 0.303 e. The largest absolute Gasteiger partial charge is 0.458 e. The van der Waals surface area contributed by atoms with E-state index in [4.69, 9.17) is 9.47 Å². The smallest absolute Gasteiger partial charge is 0.303 e. The molecule has 8 heteroatoms. The molecule has 4 aliphatic rings. The summed E-state index contributed by atoms with van der Waals surface area (Å²) in [6.07, 6.45) is 0.510. The molecular formula is C30H37NO7. The summed E-state index contributed by atoms with van der Waals surface area (Å²) in [5, 5.41) is 26.1. The molecule has 2 aliphatic carbocycles. The molecule has 2 saturated heterocycles. The number of ketones is 1. The van der Waals surface area contributed by atoms with E-state index in [0.717, 1.165) is 16.7 Å². The van der Waals surface area contributed by atoms with Gasteiger partial charge in [0.1, 0.15) is 29.3 Å². The van der Waals surface area contributed by atoms with Crippen LogP contribution in [0.3, 0.4) is 0 Å². The Morgan fingerprint density at radius 3 is 2.53 bits per heavy atom. The van der Waals surface area contributed by atoms with Crippen LogP contribution in [0.5, 0.6) is 0 Å². The first-order chi connectivity index (χ1) is 17.9. The van der Waals surface area contributed by atoms with Crippen molar-refractivity contribution in [2.45, 2.75) is 83.5 Å². The number of Topliss-reactive ketones (excluding diaryl/α,β-unsaturated/α-hetero) is 1. The molecule has 1 amide bonds. The SMILES string of the molecule is CC(=O)O[C@@H]1C2OC2[C@@](C)(O)C(=O)[C@@H](C)C/C=C/[C@H]2[C@H](O)C(C)=C(C)[C@H]3[C@H](Cc4ccccc4)NC(=O)[C@@]123. The van der Waals surface area contributed by atoms with Gasteiger partial charge < -0.3 is 25.0 Å². The topological polar surface area (TPSA) is 125 Å². The Morgan fingerprint density at radius 1 is 1.18 bits per heavy atom. The molecule has 0 saturated carbocycles. The number of esters is 1. The number of epoxide rings is 1. The first-order valence-corrected chi connectivity index (χ1v) is 13.4. The van der Waals surface area contributed by atoms with Crippen LogP contribution in [0.2, 0.25) is 0 Å². The molecule has 38 heavy (non-hydrogen) atoms. The van der Waals surface area contributed by atoms with Gasteiger partial charge in [0.25, 0.3) is 0 Å². The zero-order chi connectivity index (χ0) is 27.6. The standard InChI is InChI=1S/C30H37NO7/c1-15-10-9-13-20-23(33)17(3)16(2)22-21(14-19-11-7-6-8-12-19)31-28(35)30(20,22)27(37-18(4)32)24-26(38-24)29(5,36)25(15)34/h6-9,11-13,15,20-24,26-27,33,36H,10,14H2,1-5H3,(H,31,35)/b13-9+/t15-,20-,21-,22-,23+,24?,26?,27+,29-,30-/m0/s1. The highest BCUT2D eigenvalue weighted by Crippen LogP contribution is 2.60. The van der Waals surface area contributed by atoms with Crippen molar-refractivity contribution in [3.05, 3.63) is 59.2 Å². The van der Waals surface area contributed by atoms with Gasteiger partial charge in [0, 0.05) is 30.7 Å². The molecule has 2 aliphatic heterocycles. The maximum atomic E-state index is 14.3. The van der Waals surface area contributed by atoms with E-state index in [1.165, 1.54) is 13.8 Å². The predicted molar refractivity (Wildman–Crippen MR) is 139 cm³/mol. The Labute approximate surface area is 223 Å². The fourth-order valence-corrected chi connectivity index (χ4v) is 7.27. The molecule has 0 radical (unpaired) electrons. The molecule has 204 valence electrons. The summed E-state index contributed by atoms with van der Waals surface area (Å²) in [4.78, 5) is 40.0. The maximum absolute atomic E-state index is 14.3. The van der Waals surface area contributed by atoms with Crippen molar-refractivity contribution in [2.24, 2.45) is 23.2 Å². The molecule has 2 fully saturated rings. The Kier molecular flexibility index (Phi) is 6.65. The van der Waals surface area contributed by atoms with Crippen LogP contribution in [0.1, 0.15) is 46.6 Å². The van der Waals surface area contributed by atoms with Crippen LogP contribution >= 0.6 is 0 Å². The highest BCUT2D eigenvalue weighted by molar-refractivity contribution is 5.91. The van der Waals surface area contributed by atoms with Crippen molar-refractivity contribution in [2.75, 3.05) is 0 Å². The molecule has 1 aromatic rings. The molecule has 8 nitrogen and oxygen atoms in total. The lowest BCUT2D eigenvalue weighted by Crippen LogP contribution is -2.60. The second-order valence-corrected chi connectivity index (χ2v) is 11.6. The number of amides is 1. The number of carbonyl (C=O) groups is 3. The third-order valence-electron chi connectivity index (χ3n) is 9.27. The first-order valence-electron chi connectivity index (χ1n) is 13.4. The van der Waals surface area contributed by atoms with Crippen molar-refractivity contribution < 1.29 is 34.1 Å². The van der Waals surface area contributed by atoms with Gasteiger partial charge in [-0.3, -0.25) is 14.4 Å². The van der Waals surface area contributed by atoms with Gasteiger partial charge in [0.2, 0.25) is 5.91 Å². The number of nitrogens with one attached hydrogen (secondary N) is 1. The number of aliphatic hydroxyl groups excluding tert-OH is 1. The monoisotopic (exact) mass is 523 g/mol. The van der Waals surface area contributed by atoms with Gasteiger partial charge in [-0.25, -0.2) is 0 Å². The van der Waals surface area contributed by atoms with Crippen LogP contribution in [0.25, 0.3) is 0 Å². The fourth-order valence-electron chi connectivity index (χ4n) is 7.27. The van der Waals surface area contributed by atoms with E-state index < -0.39 is 59.2 Å². The zero-order valence-corrected chi connectivity index (χ0v) is 22.5. The third kappa shape index (κ3) is 3.96. The summed E-state index contributed by atoms with van der Waals surface area (Å²) in [7, 11) is 0. The number of hydrogen-bond donors (Lipinski definition) is 3. The molecule has 5 rings (SSSR count). The normalized spacial score (nSPS) is 43.2. The molecule has 3 N–H and O–H groups in total. The third-order valence-corrected chi connectivity index (χ3v) is 9.27. The van der Waals surface area contributed by atoms with Crippen LogP contribution in [0.15, 0.2) is 53.6 Å². The van der Waals surface area contributed by atoms with E-state index in [1.807, 2.05) is 44.2 Å². The molecule has 2 heterocycles. The lowest BCUT2D eigenvalue weighted by molar-refractivity contribution is -0.169. The number of carbonyl (C=O) groups excluding carboxylic acids is 3. The van der Waals surface area contributed by atoms with E-state index in [2.05, 4.69) is 5.32 Å². The summed E-state index contributed by atoms with van der Waals surface area (Å²) < 4.78 is 11.9. The van der Waals surface area contributed by atoms with Crippen molar-refractivity contribution in [3.8, 4) is 0 Å². The summed E-state index contributed by atoms with van der Waals surface area (Å²) in [5.74, 6) is -2.99. The van der Waals surface area contributed by atoms with E-state index in [9.17, 15) is 24.6 Å². The number of aliphatic hydroxyl groups is 2. The molecule has 10 atom stereocenters. The van der Waals surface area contributed by atoms with Gasteiger partial charge in [-0.1, -0.05) is 55.0 Å². The Balaban J connectivity index is 1.72. The van der Waals surface area contributed by atoms with Crippen LogP contribution in [0.4, 0.5) is 0 Å². The number of rotatable bonds is 3. The Hall–Kier alpha value is -2.81. The molecule has 0 bridgehead atoms. The molecule has 1 spiro atoms. The van der Waals surface area contributed by atoms with Crippen LogP contribution in [0, 0.1) is 23.2 Å². The molecule has 1 aromatic carbocycles. The van der Waals surface area contributed by atoms with Crippen LogP contribution < -0.4 is 5.32 Å².